The fourth-order valence-electron chi connectivity index (χ4n) is 1.85. The molecule has 82 valence electrons. The molecule has 2 aromatic carbocycles. The van der Waals surface area contributed by atoms with Crippen LogP contribution in [-0.4, -0.2) is 0 Å². The number of benzene rings is 2. The molecule has 2 rings (SSSR count). The Kier molecular flexibility index (Phi) is 3.33. The Labute approximate surface area is 111 Å². The summed E-state index contributed by atoms with van der Waals surface area (Å²) in [4.78, 5) is 0. The van der Waals surface area contributed by atoms with Gasteiger partial charge in [-0.15, -0.1) is 0 Å². The Hall–Kier alpha value is -0.830. The highest BCUT2D eigenvalue weighted by atomic mass is 127. The Morgan fingerprint density at radius 2 is 1.50 bits per heavy atom. The summed E-state index contributed by atoms with van der Waals surface area (Å²) in [7, 11) is 0. The van der Waals surface area contributed by atoms with Crippen LogP contribution in [0.4, 0.5) is 0 Å². The van der Waals surface area contributed by atoms with Crippen LogP contribution in [0.1, 0.15) is 23.6 Å². The van der Waals surface area contributed by atoms with Gasteiger partial charge < -0.3 is 0 Å². The van der Waals surface area contributed by atoms with Crippen molar-refractivity contribution in [1.29, 1.82) is 0 Å². The summed E-state index contributed by atoms with van der Waals surface area (Å²) in [6.45, 7) is 4.40. The predicted octanol–water partition coefficient (Wildman–Crippen LogP) is 4.69. The summed E-state index contributed by atoms with van der Waals surface area (Å²) in [5.74, 6) is 0. The summed E-state index contributed by atoms with van der Waals surface area (Å²) in [5.41, 5.74) is 4.02. The monoisotopic (exact) mass is 322 g/mol. The van der Waals surface area contributed by atoms with Crippen LogP contribution in [0.2, 0.25) is 0 Å². The molecule has 16 heavy (non-hydrogen) atoms. The second-order valence-electron chi connectivity index (χ2n) is 4.24. The molecular weight excluding hydrogens is 307 g/mol. The highest BCUT2D eigenvalue weighted by Crippen LogP contribution is 2.38. The molecule has 1 unspecified atom stereocenters. The maximum Gasteiger partial charge on any atom is 0.0690 e. The van der Waals surface area contributed by atoms with Gasteiger partial charge in [-0.2, -0.15) is 0 Å². The van der Waals surface area contributed by atoms with Crippen LogP contribution in [-0.2, 0) is 3.42 Å². The molecule has 0 saturated carbocycles. The summed E-state index contributed by atoms with van der Waals surface area (Å²) in [5, 5.41) is 0. The van der Waals surface area contributed by atoms with Crippen LogP contribution < -0.4 is 0 Å². The summed E-state index contributed by atoms with van der Waals surface area (Å²) < 4.78 is 0.0467. The van der Waals surface area contributed by atoms with Crippen molar-refractivity contribution >= 4 is 22.6 Å². The Morgan fingerprint density at radius 1 is 0.875 bits per heavy atom. The van der Waals surface area contributed by atoms with E-state index < -0.39 is 0 Å². The third kappa shape index (κ3) is 2.29. The Morgan fingerprint density at radius 3 is 2.12 bits per heavy atom. The van der Waals surface area contributed by atoms with Crippen molar-refractivity contribution < 1.29 is 0 Å². The van der Waals surface area contributed by atoms with Crippen molar-refractivity contribution in [2.75, 3.05) is 0 Å². The number of rotatable bonds is 2. The molecular formula is C15H15I. The average Bonchev–Trinajstić information content (AvgIpc) is 2.30. The van der Waals surface area contributed by atoms with E-state index in [1.165, 1.54) is 16.7 Å². The van der Waals surface area contributed by atoms with Crippen molar-refractivity contribution in [3.05, 3.63) is 71.3 Å². The van der Waals surface area contributed by atoms with Gasteiger partial charge in [-0.3, -0.25) is 0 Å². The van der Waals surface area contributed by atoms with E-state index in [2.05, 4.69) is 91.0 Å². The normalized spacial score (nSPS) is 14.4. The molecule has 0 aliphatic rings. The van der Waals surface area contributed by atoms with E-state index >= 15 is 0 Å². The van der Waals surface area contributed by atoms with E-state index in [-0.39, 0.29) is 3.42 Å². The van der Waals surface area contributed by atoms with E-state index in [9.17, 15) is 0 Å². The number of alkyl halides is 1. The largest absolute Gasteiger partial charge is 0.0690 e. The summed E-state index contributed by atoms with van der Waals surface area (Å²) in [6, 6.07) is 19.4. The van der Waals surface area contributed by atoms with E-state index in [4.69, 9.17) is 0 Å². The maximum absolute atomic E-state index is 2.52. The molecule has 2 aromatic rings. The second kappa shape index (κ2) is 4.58. The number of halogens is 1. The van der Waals surface area contributed by atoms with Gasteiger partial charge in [0.05, 0.1) is 3.42 Å². The van der Waals surface area contributed by atoms with Gasteiger partial charge >= 0.3 is 0 Å². The molecule has 0 nitrogen and oxygen atoms in total. The number of aryl methyl sites for hydroxylation is 1. The number of hydrogen-bond acceptors (Lipinski definition) is 0. The fourth-order valence-corrected chi connectivity index (χ4v) is 2.55. The van der Waals surface area contributed by atoms with Gasteiger partial charge in [0.15, 0.2) is 0 Å². The highest BCUT2D eigenvalue weighted by molar-refractivity contribution is 14.1. The van der Waals surface area contributed by atoms with E-state index in [0.717, 1.165) is 0 Å². The van der Waals surface area contributed by atoms with E-state index in [1.807, 2.05) is 0 Å². The molecule has 0 fully saturated rings. The minimum atomic E-state index is 0.0467. The second-order valence-corrected chi connectivity index (χ2v) is 6.40. The van der Waals surface area contributed by atoms with Gasteiger partial charge in [0, 0.05) is 0 Å². The van der Waals surface area contributed by atoms with Gasteiger partial charge in [-0.1, -0.05) is 82.8 Å². The smallest absolute Gasteiger partial charge is 0.0687 e. The van der Waals surface area contributed by atoms with Crippen LogP contribution in [0, 0.1) is 6.92 Å². The van der Waals surface area contributed by atoms with Crippen LogP contribution in [0.25, 0.3) is 0 Å². The maximum atomic E-state index is 2.52. The molecule has 0 aromatic heterocycles. The standard InChI is InChI=1S/C15H15I/c1-12-7-6-10-14(11-12)15(2,16)13-8-4-3-5-9-13/h3-11H,1-2H3. The first-order valence-electron chi connectivity index (χ1n) is 5.42. The van der Waals surface area contributed by atoms with E-state index in [1.54, 1.807) is 0 Å². The quantitative estimate of drug-likeness (QED) is 0.556. The third-order valence-electron chi connectivity index (χ3n) is 2.88. The molecule has 1 atom stereocenters. The molecule has 0 radical (unpaired) electrons. The van der Waals surface area contributed by atoms with Gasteiger partial charge in [-0.25, -0.2) is 0 Å². The van der Waals surface area contributed by atoms with Crippen LogP contribution >= 0.6 is 22.6 Å². The van der Waals surface area contributed by atoms with E-state index in [0.29, 0.717) is 0 Å². The molecule has 0 spiro atoms. The lowest BCUT2D eigenvalue weighted by molar-refractivity contribution is 0.881. The summed E-state index contributed by atoms with van der Waals surface area (Å²) in [6.07, 6.45) is 0. The molecule has 1 heteroatoms. The lowest BCUT2D eigenvalue weighted by atomic mass is 9.92. The first-order valence-corrected chi connectivity index (χ1v) is 6.50. The molecule has 0 bridgehead atoms. The molecule has 0 heterocycles. The van der Waals surface area contributed by atoms with Crippen LogP contribution in [0.15, 0.2) is 54.6 Å². The number of hydrogen-bond donors (Lipinski definition) is 0. The zero-order valence-corrected chi connectivity index (χ0v) is 11.7. The van der Waals surface area contributed by atoms with Crippen LogP contribution in [0.3, 0.4) is 0 Å². The van der Waals surface area contributed by atoms with Crippen molar-refractivity contribution in [2.24, 2.45) is 0 Å². The fraction of sp³-hybridized carbons (Fsp3) is 0.200. The third-order valence-corrected chi connectivity index (χ3v) is 4.12. The van der Waals surface area contributed by atoms with Gasteiger partial charge in [0.1, 0.15) is 0 Å². The molecule has 0 amide bonds. The van der Waals surface area contributed by atoms with Crippen molar-refractivity contribution in [2.45, 2.75) is 17.3 Å². The lowest BCUT2D eigenvalue weighted by Gasteiger charge is -2.24. The topological polar surface area (TPSA) is 0 Å². The SMILES string of the molecule is Cc1cccc(C(C)(I)c2ccccc2)c1. The Bertz CT molecular complexity index is 472. The Balaban J connectivity index is 2.47. The van der Waals surface area contributed by atoms with Gasteiger partial charge in [0.2, 0.25) is 0 Å². The minimum Gasteiger partial charge on any atom is -0.0687 e. The van der Waals surface area contributed by atoms with Crippen molar-refractivity contribution in [3.63, 3.8) is 0 Å². The van der Waals surface area contributed by atoms with Gasteiger partial charge in [0.25, 0.3) is 0 Å². The zero-order chi connectivity index (χ0) is 11.6. The molecule has 0 N–H and O–H groups in total. The van der Waals surface area contributed by atoms with Crippen LogP contribution in [0.5, 0.6) is 0 Å². The van der Waals surface area contributed by atoms with Crippen molar-refractivity contribution in [1.82, 2.24) is 0 Å². The highest BCUT2D eigenvalue weighted by Gasteiger charge is 2.24. The minimum absolute atomic E-state index is 0.0467. The summed E-state index contributed by atoms with van der Waals surface area (Å²) >= 11 is 2.52. The first-order chi connectivity index (χ1) is 7.60. The van der Waals surface area contributed by atoms with Gasteiger partial charge in [-0.05, 0) is 25.0 Å². The lowest BCUT2D eigenvalue weighted by Crippen LogP contribution is -2.14. The predicted molar refractivity (Wildman–Crippen MR) is 78.1 cm³/mol. The zero-order valence-electron chi connectivity index (χ0n) is 9.57. The molecule has 0 saturated heterocycles. The van der Waals surface area contributed by atoms with Crippen molar-refractivity contribution in [3.8, 4) is 0 Å². The molecule has 0 aliphatic heterocycles. The molecule has 0 aliphatic carbocycles. The first kappa shape index (κ1) is 11.6. The average molecular weight is 322 g/mol.